The monoisotopic (exact) mass is 225 g/mol. The fraction of sp³-hybridized carbons (Fsp3) is 0.200. The molecule has 0 saturated heterocycles. The lowest BCUT2D eigenvalue weighted by Gasteiger charge is -1.93. The number of nitrogens with one attached hydrogen (secondary N) is 1. The number of carboxylic acids is 1. The highest BCUT2D eigenvalue weighted by Crippen LogP contribution is 2.17. The van der Waals surface area contributed by atoms with Crippen LogP contribution in [-0.2, 0) is 4.79 Å². The third-order valence-electron chi connectivity index (χ3n) is 1.59. The van der Waals surface area contributed by atoms with Crippen LogP contribution in [0.4, 0.5) is 0 Å². The van der Waals surface area contributed by atoms with Crippen molar-refractivity contribution in [3.05, 3.63) is 28.0 Å². The molecular weight excluding hydrogens is 214 g/mol. The Hall–Kier alpha value is -1.62. The second kappa shape index (κ2) is 5.31. The van der Waals surface area contributed by atoms with Crippen molar-refractivity contribution >= 4 is 29.3 Å². The third kappa shape index (κ3) is 3.95. The van der Waals surface area contributed by atoms with Gasteiger partial charge in [0, 0.05) is 18.3 Å². The molecule has 0 aliphatic carbocycles. The van der Waals surface area contributed by atoms with Crippen LogP contribution >= 0.6 is 11.3 Å². The van der Waals surface area contributed by atoms with Crippen LogP contribution in [0, 0.1) is 0 Å². The molecule has 80 valence electrons. The summed E-state index contributed by atoms with van der Waals surface area (Å²) in [4.78, 5) is 22.3. The van der Waals surface area contributed by atoms with E-state index in [-0.39, 0.29) is 5.91 Å². The van der Waals surface area contributed by atoms with E-state index in [1.165, 1.54) is 18.3 Å². The highest BCUT2D eigenvalue weighted by Gasteiger charge is 2.04. The van der Waals surface area contributed by atoms with E-state index >= 15 is 0 Å². The molecule has 4 nitrogen and oxygen atoms in total. The van der Waals surface area contributed by atoms with Gasteiger partial charge in [0.2, 0.25) is 5.91 Å². The van der Waals surface area contributed by atoms with Crippen LogP contribution in [0.5, 0.6) is 0 Å². The van der Waals surface area contributed by atoms with E-state index in [1.54, 1.807) is 24.3 Å². The third-order valence-corrected chi connectivity index (χ3v) is 2.63. The summed E-state index contributed by atoms with van der Waals surface area (Å²) >= 11 is 1.20. The molecule has 15 heavy (non-hydrogen) atoms. The number of thiophene rings is 1. The van der Waals surface area contributed by atoms with Crippen molar-refractivity contribution in [2.75, 3.05) is 6.54 Å². The first-order chi connectivity index (χ1) is 7.09. The Labute approximate surface area is 91.2 Å². The minimum Gasteiger partial charge on any atom is -0.477 e. The van der Waals surface area contributed by atoms with Crippen molar-refractivity contribution < 1.29 is 14.7 Å². The van der Waals surface area contributed by atoms with E-state index in [9.17, 15) is 9.59 Å². The Morgan fingerprint density at radius 2 is 2.27 bits per heavy atom. The summed E-state index contributed by atoms with van der Waals surface area (Å²) in [7, 11) is 0. The molecule has 2 N–H and O–H groups in total. The lowest BCUT2D eigenvalue weighted by atomic mass is 10.4. The molecule has 0 fully saturated rings. The minimum absolute atomic E-state index is 0.0861. The quantitative estimate of drug-likeness (QED) is 0.817. The van der Waals surface area contributed by atoms with Crippen molar-refractivity contribution in [2.45, 2.75) is 6.92 Å². The maximum absolute atomic E-state index is 10.6. The van der Waals surface area contributed by atoms with Crippen LogP contribution in [0.3, 0.4) is 0 Å². The SMILES string of the molecule is CC(=O)NCC=Cc1ccc(C(=O)O)s1. The Morgan fingerprint density at radius 1 is 1.53 bits per heavy atom. The zero-order valence-corrected chi connectivity index (χ0v) is 9.00. The van der Waals surface area contributed by atoms with E-state index in [0.29, 0.717) is 11.4 Å². The van der Waals surface area contributed by atoms with Crippen LogP contribution in [0.1, 0.15) is 21.5 Å². The molecule has 1 amide bonds. The van der Waals surface area contributed by atoms with E-state index in [1.807, 2.05) is 0 Å². The van der Waals surface area contributed by atoms with Gasteiger partial charge in [-0.05, 0) is 18.2 Å². The van der Waals surface area contributed by atoms with Gasteiger partial charge in [-0.1, -0.05) is 6.08 Å². The minimum atomic E-state index is -0.915. The zero-order chi connectivity index (χ0) is 11.3. The van der Waals surface area contributed by atoms with Crippen LogP contribution in [0.2, 0.25) is 0 Å². The average Bonchev–Trinajstić information content (AvgIpc) is 2.60. The van der Waals surface area contributed by atoms with Gasteiger partial charge in [0.05, 0.1) is 0 Å². The molecule has 1 heterocycles. The fourth-order valence-electron chi connectivity index (χ4n) is 0.935. The van der Waals surface area contributed by atoms with Crippen molar-refractivity contribution in [1.29, 1.82) is 0 Å². The van der Waals surface area contributed by atoms with Crippen molar-refractivity contribution in [1.82, 2.24) is 5.32 Å². The van der Waals surface area contributed by atoms with Gasteiger partial charge in [-0.25, -0.2) is 4.79 Å². The van der Waals surface area contributed by atoms with E-state index in [0.717, 1.165) is 4.88 Å². The fourth-order valence-corrected chi connectivity index (χ4v) is 1.71. The summed E-state index contributed by atoms with van der Waals surface area (Å²) in [5.74, 6) is -1.00. The Kier molecular flexibility index (Phi) is 4.05. The Morgan fingerprint density at radius 3 is 2.80 bits per heavy atom. The van der Waals surface area contributed by atoms with E-state index in [4.69, 9.17) is 5.11 Å². The number of rotatable bonds is 4. The highest BCUT2D eigenvalue weighted by atomic mass is 32.1. The largest absolute Gasteiger partial charge is 0.477 e. The molecule has 5 heteroatoms. The Bertz CT molecular complexity index is 395. The van der Waals surface area contributed by atoms with Crippen molar-refractivity contribution in [2.24, 2.45) is 0 Å². The van der Waals surface area contributed by atoms with Crippen LogP contribution in [0.25, 0.3) is 6.08 Å². The molecule has 0 saturated carbocycles. The summed E-state index contributed by atoms with van der Waals surface area (Å²) in [5.41, 5.74) is 0. The predicted molar refractivity (Wildman–Crippen MR) is 59.0 cm³/mol. The molecule has 0 aliphatic heterocycles. The lowest BCUT2D eigenvalue weighted by molar-refractivity contribution is -0.118. The molecule has 0 unspecified atom stereocenters. The maximum Gasteiger partial charge on any atom is 0.345 e. The van der Waals surface area contributed by atoms with Crippen LogP contribution < -0.4 is 5.32 Å². The zero-order valence-electron chi connectivity index (χ0n) is 8.19. The van der Waals surface area contributed by atoms with E-state index in [2.05, 4.69) is 5.32 Å². The standard InChI is InChI=1S/C10H11NO3S/c1-7(12)11-6-2-3-8-4-5-9(15-8)10(13)14/h2-5H,6H2,1H3,(H,11,12)(H,13,14). The molecular formula is C10H11NO3S. The molecule has 0 bridgehead atoms. The number of amides is 1. The van der Waals surface area contributed by atoms with Crippen molar-refractivity contribution in [3.63, 3.8) is 0 Å². The lowest BCUT2D eigenvalue weighted by Crippen LogP contribution is -2.19. The molecule has 0 spiro atoms. The van der Waals surface area contributed by atoms with Gasteiger partial charge < -0.3 is 10.4 Å². The second-order valence-electron chi connectivity index (χ2n) is 2.85. The molecule has 1 rings (SSSR count). The summed E-state index contributed by atoms with van der Waals surface area (Å²) in [5, 5.41) is 11.3. The molecule has 0 aromatic carbocycles. The maximum atomic E-state index is 10.6. The topological polar surface area (TPSA) is 66.4 Å². The van der Waals surface area contributed by atoms with Crippen molar-refractivity contribution in [3.8, 4) is 0 Å². The first kappa shape index (κ1) is 11.5. The molecule has 0 atom stereocenters. The summed E-state index contributed by atoms with van der Waals surface area (Å²) in [6.45, 7) is 1.90. The highest BCUT2D eigenvalue weighted by molar-refractivity contribution is 7.14. The summed E-state index contributed by atoms with van der Waals surface area (Å²) < 4.78 is 0. The normalized spacial score (nSPS) is 10.5. The smallest absolute Gasteiger partial charge is 0.345 e. The first-order valence-electron chi connectivity index (χ1n) is 4.33. The predicted octanol–water partition coefficient (Wildman–Crippen LogP) is 1.60. The molecule has 0 radical (unpaired) electrons. The average molecular weight is 225 g/mol. The number of aromatic carboxylic acids is 1. The van der Waals surface area contributed by atoms with Crippen LogP contribution in [-0.4, -0.2) is 23.5 Å². The van der Waals surface area contributed by atoms with Gasteiger partial charge in [0.15, 0.2) is 0 Å². The van der Waals surface area contributed by atoms with Gasteiger partial charge in [-0.15, -0.1) is 11.3 Å². The number of hydrogen-bond acceptors (Lipinski definition) is 3. The number of carboxylic acid groups (broad SMARTS) is 1. The Balaban J connectivity index is 2.50. The summed E-state index contributed by atoms with van der Waals surface area (Å²) in [6.07, 6.45) is 3.56. The molecule has 0 aliphatic rings. The van der Waals surface area contributed by atoms with Gasteiger partial charge >= 0.3 is 5.97 Å². The number of hydrogen-bond donors (Lipinski definition) is 2. The number of carbonyl (C=O) groups excluding carboxylic acids is 1. The summed E-state index contributed by atoms with van der Waals surface area (Å²) in [6, 6.07) is 3.30. The van der Waals surface area contributed by atoms with Gasteiger partial charge in [-0.3, -0.25) is 4.79 Å². The van der Waals surface area contributed by atoms with Gasteiger partial charge in [0.25, 0.3) is 0 Å². The van der Waals surface area contributed by atoms with Crippen LogP contribution in [0.15, 0.2) is 18.2 Å². The first-order valence-corrected chi connectivity index (χ1v) is 5.15. The molecule has 1 aromatic heterocycles. The van der Waals surface area contributed by atoms with E-state index < -0.39 is 5.97 Å². The molecule has 1 aromatic rings. The second-order valence-corrected chi connectivity index (χ2v) is 3.96. The number of carbonyl (C=O) groups is 2. The van der Waals surface area contributed by atoms with Gasteiger partial charge in [0.1, 0.15) is 4.88 Å². The van der Waals surface area contributed by atoms with Gasteiger partial charge in [-0.2, -0.15) is 0 Å².